The lowest BCUT2D eigenvalue weighted by Gasteiger charge is -2.36. The van der Waals surface area contributed by atoms with Crippen molar-refractivity contribution in [2.75, 3.05) is 19.0 Å². The first-order valence-corrected chi connectivity index (χ1v) is 23.4. The fourth-order valence-corrected chi connectivity index (χ4v) is 11.3. The number of nitrogens with zero attached hydrogens (tertiary/aromatic N) is 5. The summed E-state index contributed by atoms with van der Waals surface area (Å²) in [6, 6.07) is 5.17. The first-order valence-electron chi connectivity index (χ1n) is 20.7. The summed E-state index contributed by atoms with van der Waals surface area (Å²) in [4.78, 5) is 73.8. The molecule has 1 aromatic carbocycles. The van der Waals surface area contributed by atoms with E-state index in [4.69, 9.17) is 24.2 Å². The molecule has 3 aromatic heterocycles. The lowest BCUT2D eigenvalue weighted by molar-refractivity contribution is -0.142. The van der Waals surface area contributed by atoms with Gasteiger partial charge in [-0.2, -0.15) is 0 Å². The van der Waals surface area contributed by atoms with Crippen LogP contribution in [-0.2, 0) is 25.1 Å². The molecular formula is C43H55N8O8PS. The number of aromatic nitrogens is 4. The molecule has 1 saturated heterocycles. The topological polar surface area (TPSA) is 207 Å². The average Bonchev–Trinajstić information content (AvgIpc) is 3.61. The van der Waals surface area contributed by atoms with Crippen LogP contribution < -0.4 is 25.4 Å². The number of rotatable bonds is 15. The van der Waals surface area contributed by atoms with Crippen molar-refractivity contribution >= 4 is 52.6 Å². The Morgan fingerprint density at radius 3 is 2.54 bits per heavy atom. The Hall–Kier alpha value is -5.12. The van der Waals surface area contributed by atoms with Gasteiger partial charge in [0.25, 0.3) is 0 Å². The van der Waals surface area contributed by atoms with Crippen LogP contribution in [0.2, 0.25) is 0 Å². The minimum Gasteiger partial charge on any atom is -0.497 e. The zero-order valence-corrected chi connectivity index (χ0v) is 37.1. The Bertz CT molecular complexity index is 2320. The van der Waals surface area contributed by atoms with E-state index in [1.54, 1.807) is 31.4 Å². The van der Waals surface area contributed by atoms with Crippen LogP contribution in [0.1, 0.15) is 78.8 Å². The van der Waals surface area contributed by atoms with Gasteiger partial charge in [0.2, 0.25) is 19.2 Å². The highest BCUT2D eigenvalue weighted by atomic mass is 32.1. The second-order valence-electron chi connectivity index (χ2n) is 17.5. The summed E-state index contributed by atoms with van der Waals surface area (Å²) in [5.74, 6) is -0.603. The highest BCUT2D eigenvalue weighted by Crippen LogP contribution is 2.70. The third-order valence-corrected chi connectivity index (χ3v) is 14.9. The number of alkyl carbamates (subject to hydrolysis) is 1. The minimum atomic E-state index is -4.18. The van der Waals surface area contributed by atoms with E-state index in [0.717, 1.165) is 30.8 Å². The molecule has 1 unspecified atom stereocenters. The third kappa shape index (κ3) is 9.68. The van der Waals surface area contributed by atoms with Gasteiger partial charge < -0.3 is 40.0 Å². The predicted octanol–water partition coefficient (Wildman–Crippen LogP) is 6.90. The molecule has 6 atom stereocenters. The van der Waals surface area contributed by atoms with E-state index >= 15 is 0 Å². The number of amides is 3. The van der Waals surface area contributed by atoms with Crippen LogP contribution in [0, 0.1) is 11.3 Å². The Balaban J connectivity index is 1.22. The van der Waals surface area contributed by atoms with Crippen molar-refractivity contribution in [2.24, 2.45) is 11.3 Å². The zero-order chi connectivity index (χ0) is 43.7. The molecule has 61 heavy (non-hydrogen) atoms. The second kappa shape index (κ2) is 17.7. The number of carbonyl (C=O) groups is 3. The number of fused-ring (bicyclic) bond motifs is 1. The molecule has 0 radical (unpaired) electrons. The maximum atomic E-state index is 14.9. The van der Waals surface area contributed by atoms with Gasteiger partial charge in [0.05, 0.1) is 36.7 Å². The zero-order valence-electron chi connectivity index (χ0n) is 35.4. The number of anilines is 1. The molecule has 2 saturated carbocycles. The monoisotopic (exact) mass is 874 g/mol. The van der Waals surface area contributed by atoms with Gasteiger partial charge in [-0.1, -0.05) is 26.8 Å². The van der Waals surface area contributed by atoms with Crippen molar-refractivity contribution < 1.29 is 38.1 Å². The van der Waals surface area contributed by atoms with Gasteiger partial charge in [-0.25, -0.2) is 14.8 Å². The summed E-state index contributed by atoms with van der Waals surface area (Å²) >= 11 is 1.46. The van der Waals surface area contributed by atoms with E-state index in [-0.39, 0.29) is 37.7 Å². The first-order chi connectivity index (χ1) is 29.0. The fraction of sp³-hybridized carbons (Fsp3) is 0.512. The normalized spacial score (nSPS) is 23.0. The van der Waals surface area contributed by atoms with E-state index in [2.05, 4.69) is 32.5 Å². The number of hydrogen-bond donors (Lipinski definition) is 4. The summed E-state index contributed by atoms with van der Waals surface area (Å²) < 4.78 is 32.2. The van der Waals surface area contributed by atoms with Gasteiger partial charge in [-0.05, 0) is 63.5 Å². The van der Waals surface area contributed by atoms with Crippen molar-refractivity contribution in [1.82, 2.24) is 35.5 Å². The van der Waals surface area contributed by atoms with E-state index in [9.17, 15) is 23.8 Å². The number of hydrogen-bond acceptors (Lipinski definition) is 13. The number of methoxy groups -OCH3 is 1. The summed E-state index contributed by atoms with van der Waals surface area (Å²) in [6.45, 7) is 13.4. The van der Waals surface area contributed by atoms with E-state index < -0.39 is 60.1 Å². The summed E-state index contributed by atoms with van der Waals surface area (Å²) in [5, 5.41) is 10.9. The molecule has 4 heterocycles. The Morgan fingerprint density at radius 2 is 1.89 bits per heavy atom. The lowest BCUT2D eigenvalue weighted by atomic mass is 9.85. The van der Waals surface area contributed by atoms with E-state index in [1.807, 2.05) is 46.1 Å². The summed E-state index contributed by atoms with van der Waals surface area (Å²) in [5.41, 5.74) is 1.27. The number of thiazole rings is 1. The number of benzene rings is 1. The molecule has 3 amide bonds. The molecule has 1 aliphatic heterocycles. The molecule has 3 fully saturated rings. The smallest absolute Gasteiger partial charge is 0.408 e. The molecule has 4 N–H and O–H groups in total. The van der Waals surface area contributed by atoms with Gasteiger partial charge in [0, 0.05) is 59.9 Å². The van der Waals surface area contributed by atoms with Gasteiger partial charge in [-0.3, -0.25) is 24.1 Å². The molecule has 3 aliphatic rings. The maximum absolute atomic E-state index is 14.9. The van der Waals surface area contributed by atoms with Crippen LogP contribution in [-0.4, -0.2) is 96.9 Å². The third-order valence-electron chi connectivity index (χ3n) is 11.5. The Labute approximate surface area is 359 Å². The molecule has 2 aliphatic carbocycles. The molecule has 326 valence electrons. The minimum absolute atomic E-state index is 0.0319. The van der Waals surface area contributed by atoms with Gasteiger partial charge in [0.15, 0.2) is 5.13 Å². The van der Waals surface area contributed by atoms with Crippen molar-refractivity contribution in [3.05, 3.63) is 66.6 Å². The lowest BCUT2D eigenvalue weighted by Crippen LogP contribution is -2.58. The average molecular weight is 875 g/mol. The fourth-order valence-electron chi connectivity index (χ4n) is 8.17. The quantitative estimate of drug-likeness (QED) is 0.0710. The molecule has 0 bridgehead atoms. The van der Waals surface area contributed by atoms with Crippen LogP contribution in [0.15, 0.2) is 60.9 Å². The standard InChI is InChI=1S/C43H55N8O8PS/c1-8-26-20-43(26,60(55,56)23-27-21-44-15-16-45-27)50-38(52)35-18-30(22-51(35)39(53)37(42(4,5)6)49-41(54)59-28-11-9-10-12-28)58-36-19-33(34-24-61-40(48-34)46-25(2)3)47-32-17-29(57-7)13-14-31(32)36/h8,13-17,19,21,24-26,28,30,35,37H,1,9-12,18,20,22-23H2,2-7H3,(H,46,48)(H,49,54)(H,50,52)(H,55,56)/t26-,30-,35+,37-,43+/m1/s1. The van der Waals surface area contributed by atoms with Crippen molar-refractivity contribution in [1.29, 1.82) is 0 Å². The number of ether oxygens (including phenoxy) is 3. The second-order valence-corrected chi connectivity index (χ2v) is 20.9. The van der Waals surface area contributed by atoms with Crippen molar-refractivity contribution in [3.63, 3.8) is 0 Å². The number of nitrogens with one attached hydrogen (secondary N) is 3. The highest BCUT2D eigenvalue weighted by molar-refractivity contribution is 7.59. The molecule has 16 nitrogen and oxygen atoms in total. The van der Waals surface area contributed by atoms with E-state index in [0.29, 0.717) is 39.5 Å². The van der Waals surface area contributed by atoms with Crippen LogP contribution >= 0.6 is 18.7 Å². The summed E-state index contributed by atoms with van der Waals surface area (Å²) in [6.07, 6.45) is 7.54. The largest absolute Gasteiger partial charge is 0.497 e. The van der Waals surface area contributed by atoms with Crippen LogP contribution in [0.5, 0.6) is 11.5 Å². The number of pyridine rings is 1. The maximum Gasteiger partial charge on any atom is 0.408 e. The molecule has 18 heteroatoms. The van der Waals surface area contributed by atoms with Crippen molar-refractivity contribution in [3.8, 4) is 22.9 Å². The summed E-state index contributed by atoms with van der Waals surface area (Å²) in [7, 11) is -2.61. The van der Waals surface area contributed by atoms with Crippen molar-refractivity contribution in [2.45, 2.75) is 115 Å². The highest BCUT2D eigenvalue weighted by Gasteiger charge is 2.66. The SMILES string of the molecule is C=C[C@@H]1C[C@]1(NC(=O)[C@@H]1C[C@@H](Oc2cc(-c3csc(NC(C)C)n3)nc3cc(OC)ccc23)CN1C(=O)[C@@H](NC(=O)OC1CCCC1)C(C)(C)C)P(=O)(O)Cc1cnccn1. The van der Waals surface area contributed by atoms with Crippen LogP contribution in [0.4, 0.5) is 9.93 Å². The molecule has 4 aromatic rings. The molecule has 0 spiro atoms. The van der Waals surface area contributed by atoms with Crippen LogP contribution in [0.25, 0.3) is 22.3 Å². The van der Waals surface area contributed by atoms with E-state index in [1.165, 1.54) is 34.8 Å². The number of carbonyl (C=O) groups excluding carboxylic acids is 3. The number of likely N-dealkylation sites (tertiary alicyclic amines) is 1. The van der Waals surface area contributed by atoms with Gasteiger partial charge in [0.1, 0.15) is 46.8 Å². The predicted molar refractivity (Wildman–Crippen MR) is 233 cm³/mol. The molecular weight excluding hydrogens is 820 g/mol. The van der Waals surface area contributed by atoms with Gasteiger partial charge >= 0.3 is 6.09 Å². The van der Waals surface area contributed by atoms with Crippen LogP contribution in [0.3, 0.4) is 0 Å². The van der Waals surface area contributed by atoms with Gasteiger partial charge in [-0.15, -0.1) is 17.9 Å². The Kier molecular flexibility index (Phi) is 12.8. The first kappa shape index (κ1) is 44.0. The molecule has 7 rings (SSSR count). The Morgan fingerprint density at radius 1 is 1.11 bits per heavy atom.